The zero-order valence-corrected chi connectivity index (χ0v) is 9.47. The molecule has 0 aromatic rings. The molecule has 0 fully saturated rings. The molecule has 0 amide bonds. The van der Waals surface area contributed by atoms with Gasteiger partial charge in [0.25, 0.3) is 18.1 Å². The van der Waals surface area contributed by atoms with E-state index in [-0.39, 0.29) is 0 Å². The first-order valence-corrected chi connectivity index (χ1v) is 8.10. The molecular weight excluding hydrogens is 288 g/mol. The lowest BCUT2D eigenvalue weighted by Crippen LogP contribution is -2.17. The highest BCUT2D eigenvalue weighted by Crippen LogP contribution is 2.04. The minimum Gasteiger partial charge on any atom is -0.284 e. The van der Waals surface area contributed by atoms with Crippen molar-refractivity contribution in [3.8, 4) is 0 Å². The zero-order valence-electron chi connectivity index (χ0n) is 5.39. The predicted molar refractivity (Wildman–Crippen MR) is 47.4 cm³/mol. The summed E-state index contributed by atoms with van der Waals surface area (Å²) in [5.41, 5.74) is 0. The Morgan fingerprint density at radius 1 is 0.846 bits per heavy atom. The molecule has 0 saturated heterocycles. The van der Waals surface area contributed by atoms with Gasteiger partial charge < -0.3 is 0 Å². The van der Waals surface area contributed by atoms with Crippen molar-refractivity contribution in [2.24, 2.45) is 0 Å². The van der Waals surface area contributed by atoms with Crippen molar-refractivity contribution in [2.45, 2.75) is 0 Å². The second-order valence-electron chi connectivity index (χ2n) is 1.40. The first-order valence-electron chi connectivity index (χ1n) is 2.03. The van der Waals surface area contributed by atoms with Crippen LogP contribution in [0.4, 0.5) is 0 Å². The number of hydrogen-bond acceptors (Lipinski definition) is 8. The summed E-state index contributed by atoms with van der Waals surface area (Å²) >= 11 is 7.23. The van der Waals surface area contributed by atoms with E-state index in [9.17, 15) is 16.8 Å². The molecule has 0 saturated carbocycles. The van der Waals surface area contributed by atoms with Gasteiger partial charge in [-0.25, -0.2) is 0 Å². The monoisotopic (exact) mass is 290 g/mol. The average Bonchev–Trinajstić information content (AvgIpc) is 1.43. The summed E-state index contributed by atoms with van der Waals surface area (Å²) in [6.45, 7) is 0. The van der Waals surface area contributed by atoms with E-state index in [4.69, 9.17) is 9.11 Å². The summed E-state index contributed by atoms with van der Waals surface area (Å²) in [6.07, 6.45) is 0. The second kappa shape index (κ2) is 3.95. The van der Waals surface area contributed by atoms with Crippen molar-refractivity contribution in [3.63, 3.8) is 0 Å². The average molecular weight is 290 g/mol. The van der Waals surface area contributed by atoms with Crippen molar-refractivity contribution in [1.29, 1.82) is 0 Å². The highest BCUT2D eigenvalue weighted by molar-refractivity contribution is 8.31. The molecule has 2 unspecified atom stereocenters. The van der Waals surface area contributed by atoms with Crippen molar-refractivity contribution in [2.75, 3.05) is 0 Å². The molecule has 0 aromatic carbocycles. The van der Waals surface area contributed by atoms with Crippen LogP contribution in [0.5, 0.6) is 0 Å². The third-order valence-electron chi connectivity index (χ3n) is 0.339. The van der Waals surface area contributed by atoms with Gasteiger partial charge in [0.15, 0.2) is 0 Å². The molecule has 80 valence electrons. The van der Waals surface area contributed by atoms with Crippen LogP contribution in [0.2, 0.25) is 0 Å². The van der Waals surface area contributed by atoms with Crippen LogP contribution >= 0.6 is 0 Å². The maximum absolute atomic E-state index is 10.4. The van der Waals surface area contributed by atoms with Gasteiger partial charge in [0.1, 0.15) is 0 Å². The largest absolute Gasteiger partial charge is 0.429 e. The smallest absolute Gasteiger partial charge is 0.284 e. The Morgan fingerprint density at radius 2 is 1.08 bits per heavy atom. The van der Waals surface area contributed by atoms with Gasteiger partial charge in [-0.1, -0.05) is 0 Å². The maximum Gasteiger partial charge on any atom is 0.429 e. The van der Waals surface area contributed by atoms with Crippen LogP contribution in [0.3, 0.4) is 0 Å². The van der Waals surface area contributed by atoms with Gasteiger partial charge in [-0.3, -0.25) is 9.11 Å². The van der Waals surface area contributed by atoms with Gasteiger partial charge in [-0.15, -0.1) is 7.26 Å². The fraction of sp³-hybridized carbons (Fsp3) is 0. The van der Waals surface area contributed by atoms with E-state index in [0.717, 1.165) is 0 Å². The predicted octanol–water partition coefficient (Wildman–Crippen LogP) is -1.47. The summed E-state index contributed by atoms with van der Waals surface area (Å²) < 4.78 is 64.0. The van der Waals surface area contributed by atoms with Crippen LogP contribution < -0.4 is 0 Å². The highest BCUT2D eigenvalue weighted by atomic mass is 32.9. The quantitative estimate of drug-likeness (QED) is 0.633. The Hall–Kier alpha value is 0.530. The van der Waals surface area contributed by atoms with Gasteiger partial charge in [0.05, 0.1) is 0 Å². The topological polar surface area (TPSA) is 127 Å². The maximum atomic E-state index is 10.4. The zero-order chi connectivity index (χ0) is 10.9. The van der Waals surface area contributed by atoms with E-state index in [1.165, 1.54) is 0 Å². The van der Waals surface area contributed by atoms with Crippen molar-refractivity contribution in [3.05, 3.63) is 0 Å². The van der Waals surface area contributed by atoms with Crippen molar-refractivity contribution < 1.29 is 33.2 Å². The molecule has 0 spiro atoms. The van der Waals surface area contributed by atoms with E-state index in [1.54, 1.807) is 0 Å². The Balaban J connectivity index is 4.86. The van der Waals surface area contributed by atoms with E-state index in [2.05, 4.69) is 29.6 Å². The van der Waals surface area contributed by atoms with Gasteiger partial charge in [0.2, 0.25) is 0 Å². The Morgan fingerprint density at radius 3 is 1.23 bits per heavy atom. The third kappa shape index (κ3) is 8.85. The molecule has 0 rings (SSSR count). The third-order valence-corrected chi connectivity index (χ3v) is 4.05. The van der Waals surface area contributed by atoms with E-state index in [0.29, 0.717) is 0 Å². The summed E-state index contributed by atoms with van der Waals surface area (Å²) in [4.78, 5) is 0. The molecule has 2 N–H and O–H groups in total. The molecule has 0 aliphatic rings. The van der Waals surface area contributed by atoms with E-state index < -0.39 is 28.5 Å². The molecule has 13 heavy (non-hydrogen) atoms. The van der Waals surface area contributed by atoms with Crippen LogP contribution in [0, 0.1) is 0 Å². The van der Waals surface area contributed by atoms with Gasteiger partial charge in [-0.05, 0) is 0 Å². The molecule has 13 heteroatoms. The molecule has 2 atom stereocenters. The molecule has 0 bridgehead atoms. The first-order chi connectivity index (χ1) is 5.41. The Bertz CT molecular complexity index is 417. The van der Waals surface area contributed by atoms with Gasteiger partial charge in [0, 0.05) is 22.4 Å². The Labute approximate surface area is 84.0 Å². The van der Waals surface area contributed by atoms with Gasteiger partial charge in [-0.2, -0.15) is 16.8 Å². The molecule has 0 aromatic heterocycles. The lowest BCUT2D eigenvalue weighted by atomic mass is 15.7. The number of rotatable bonds is 4. The molecular formula is H2O8S5. The first kappa shape index (κ1) is 13.5. The highest BCUT2D eigenvalue weighted by Gasteiger charge is 2.23. The normalized spacial score (nSPS) is 21.7. The minimum absolute atomic E-state index is 3.24. The fourth-order valence-electron chi connectivity index (χ4n) is 0.222. The molecule has 8 nitrogen and oxygen atoms in total. The fourth-order valence-corrected chi connectivity index (χ4v) is 3.43. The standard InChI is InChI=1S/H2O8S5/c1-11(2,7-12(3,4)9)8-13(5,6)10/h(H,3,4,9)(H,5,6,10). The van der Waals surface area contributed by atoms with Crippen molar-refractivity contribution in [1.82, 2.24) is 0 Å². The van der Waals surface area contributed by atoms with Crippen LogP contribution in [0.15, 0.2) is 0 Å². The van der Waals surface area contributed by atoms with E-state index in [1.807, 2.05) is 0 Å². The summed E-state index contributed by atoms with van der Waals surface area (Å²) in [6, 6.07) is 0. The minimum atomic E-state index is -5.16. The summed E-state index contributed by atoms with van der Waals surface area (Å²) in [5.74, 6) is 0. The van der Waals surface area contributed by atoms with Crippen LogP contribution in [-0.2, 0) is 58.1 Å². The van der Waals surface area contributed by atoms with Crippen LogP contribution in [0.25, 0.3) is 0 Å². The lowest BCUT2D eigenvalue weighted by molar-refractivity contribution is 0.370. The molecule has 0 aliphatic heterocycles. The Kier molecular flexibility index (Phi) is 4.11. The molecule has 0 radical (unpaired) electrons. The SMILES string of the molecule is O=S(=O)(OS(=O)(O)=S)OS(=O)(O)=S. The second-order valence-corrected chi connectivity index (χ2v) is 7.54. The molecule has 0 aliphatic carbocycles. The summed E-state index contributed by atoms with van der Waals surface area (Å²) in [7, 11) is -14.2. The molecule has 0 heterocycles. The van der Waals surface area contributed by atoms with Crippen molar-refractivity contribution >= 4 is 50.9 Å². The van der Waals surface area contributed by atoms with Crippen LogP contribution in [-0.4, -0.2) is 25.9 Å². The van der Waals surface area contributed by atoms with Gasteiger partial charge >= 0.3 is 10.4 Å². The number of hydrogen-bond donors (Lipinski definition) is 2. The summed E-state index contributed by atoms with van der Waals surface area (Å²) in [5, 5.41) is 0. The van der Waals surface area contributed by atoms with Crippen LogP contribution in [0.1, 0.15) is 0 Å². The lowest BCUT2D eigenvalue weighted by Gasteiger charge is -2.01. The van der Waals surface area contributed by atoms with E-state index >= 15 is 0 Å².